The van der Waals surface area contributed by atoms with Crippen molar-refractivity contribution in [1.29, 1.82) is 0 Å². The molecule has 0 saturated heterocycles. The minimum atomic E-state index is 0.133. The Kier molecular flexibility index (Phi) is 8.86. The van der Waals surface area contributed by atoms with Gasteiger partial charge in [0.05, 0.1) is 6.54 Å². The first-order valence-electron chi connectivity index (χ1n) is 7.40. The summed E-state index contributed by atoms with van der Waals surface area (Å²) in [5, 5.41) is 6.22. The van der Waals surface area contributed by atoms with Crippen molar-refractivity contribution in [2.24, 2.45) is 0 Å². The molecule has 1 fully saturated rings. The molecule has 0 aromatic rings. The predicted octanol–water partition coefficient (Wildman–Crippen LogP) is 1.84. The third kappa shape index (κ3) is 7.67. The van der Waals surface area contributed by atoms with Crippen molar-refractivity contribution in [3.8, 4) is 0 Å². The molecular weight excluding hydrogens is 228 g/mol. The molecule has 0 heterocycles. The van der Waals surface area contributed by atoms with Gasteiger partial charge in [0.25, 0.3) is 0 Å². The van der Waals surface area contributed by atoms with E-state index >= 15 is 0 Å². The largest absolute Gasteiger partial charge is 0.381 e. The van der Waals surface area contributed by atoms with Crippen molar-refractivity contribution < 1.29 is 9.53 Å². The molecular formula is C14H28N2O2. The first-order valence-corrected chi connectivity index (χ1v) is 7.40. The first kappa shape index (κ1) is 15.4. The van der Waals surface area contributed by atoms with E-state index in [0.717, 1.165) is 45.4 Å². The third-order valence-electron chi connectivity index (χ3n) is 3.29. The van der Waals surface area contributed by atoms with E-state index in [1.54, 1.807) is 0 Å². The molecule has 0 unspecified atom stereocenters. The highest BCUT2D eigenvalue weighted by atomic mass is 16.5. The fraction of sp³-hybridized carbons (Fsp3) is 0.929. The average Bonchev–Trinajstić information content (AvgIpc) is 2.85. The first-order chi connectivity index (χ1) is 8.83. The van der Waals surface area contributed by atoms with Crippen LogP contribution in [0.5, 0.6) is 0 Å². The molecule has 0 atom stereocenters. The van der Waals surface area contributed by atoms with Crippen molar-refractivity contribution in [2.75, 3.05) is 26.3 Å². The van der Waals surface area contributed by atoms with Crippen molar-refractivity contribution in [1.82, 2.24) is 10.6 Å². The summed E-state index contributed by atoms with van der Waals surface area (Å²) in [6, 6.07) is 0.427. The maximum absolute atomic E-state index is 11.6. The Bertz CT molecular complexity index is 216. The molecule has 2 N–H and O–H groups in total. The molecule has 0 aromatic carbocycles. The van der Waals surface area contributed by atoms with Crippen LogP contribution in [0.25, 0.3) is 0 Å². The summed E-state index contributed by atoms with van der Waals surface area (Å²) in [6.07, 6.45) is 8.10. The summed E-state index contributed by atoms with van der Waals surface area (Å²) in [5.74, 6) is 0.133. The summed E-state index contributed by atoms with van der Waals surface area (Å²) in [7, 11) is 0. The minimum Gasteiger partial charge on any atom is -0.381 e. The number of unbranched alkanes of at least 4 members (excludes halogenated alkanes) is 1. The van der Waals surface area contributed by atoms with Crippen molar-refractivity contribution in [2.45, 2.75) is 57.9 Å². The second kappa shape index (κ2) is 10.3. The monoisotopic (exact) mass is 256 g/mol. The number of amides is 1. The van der Waals surface area contributed by atoms with Gasteiger partial charge in [0.2, 0.25) is 5.91 Å². The van der Waals surface area contributed by atoms with Crippen molar-refractivity contribution in [3.05, 3.63) is 0 Å². The van der Waals surface area contributed by atoms with E-state index in [1.807, 2.05) is 0 Å². The van der Waals surface area contributed by atoms with Gasteiger partial charge in [0.1, 0.15) is 0 Å². The molecule has 1 aliphatic carbocycles. The molecule has 4 nitrogen and oxygen atoms in total. The van der Waals surface area contributed by atoms with E-state index in [9.17, 15) is 4.79 Å². The topological polar surface area (TPSA) is 50.4 Å². The second-order valence-corrected chi connectivity index (χ2v) is 5.05. The van der Waals surface area contributed by atoms with Gasteiger partial charge in [-0.1, -0.05) is 26.2 Å². The van der Waals surface area contributed by atoms with Crippen LogP contribution in [0.15, 0.2) is 0 Å². The molecule has 18 heavy (non-hydrogen) atoms. The van der Waals surface area contributed by atoms with E-state index in [2.05, 4.69) is 17.6 Å². The minimum absolute atomic E-state index is 0.133. The van der Waals surface area contributed by atoms with Crippen LogP contribution in [0, 0.1) is 0 Å². The highest BCUT2D eigenvalue weighted by molar-refractivity contribution is 5.78. The fourth-order valence-corrected chi connectivity index (χ4v) is 2.20. The van der Waals surface area contributed by atoms with Crippen LogP contribution in [-0.2, 0) is 9.53 Å². The van der Waals surface area contributed by atoms with Crippen molar-refractivity contribution >= 4 is 5.91 Å². The molecule has 4 heteroatoms. The van der Waals surface area contributed by atoms with Gasteiger partial charge in [-0.2, -0.15) is 0 Å². The summed E-state index contributed by atoms with van der Waals surface area (Å²) >= 11 is 0. The molecule has 0 aromatic heterocycles. The van der Waals surface area contributed by atoms with Gasteiger partial charge < -0.3 is 15.4 Å². The Morgan fingerprint density at radius 3 is 2.67 bits per heavy atom. The number of ether oxygens (including phenoxy) is 1. The van der Waals surface area contributed by atoms with Crippen LogP contribution >= 0.6 is 0 Å². The molecule has 0 bridgehead atoms. The highest BCUT2D eigenvalue weighted by Gasteiger charge is 2.16. The zero-order valence-corrected chi connectivity index (χ0v) is 11.7. The fourth-order valence-electron chi connectivity index (χ4n) is 2.20. The number of rotatable bonds is 10. The zero-order valence-electron chi connectivity index (χ0n) is 11.7. The van der Waals surface area contributed by atoms with E-state index in [1.165, 1.54) is 19.3 Å². The van der Waals surface area contributed by atoms with Crippen LogP contribution in [0.3, 0.4) is 0 Å². The number of hydrogen-bond acceptors (Lipinski definition) is 3. The van der Waals surface area contributed by atoms with Gasteiger partial charge in [-0.3, -0.25) is 4.79 Å². The quantitative estimate of drug-likeness (QED) is 0.586. The highest BCUT2D eigenvalue weighted by Crippen LogP contribution is 2.17. The molecule has 1 saturated carbocycles. The normalized spacial score (nSPS) is 16.1. The maximum atomic E-state index is 11.6. The summed E-state index contributed by atoms with van der Waals surface area (Å²) in [4.78, 5) is 11.6. The van der Waals surface area contributed by atoms with Gasteiger partial charge in [0, 0.05) is 19.3 Å². The molecule has 0 spiro atoms. The van der Waals surface area contributed by atoms with Gasteiger partial charge >= 0.3 is 0 Å². The molecule has 0 radical (unpaired) electrons. The Labute approximate surface area is 111 Å². The average molecular weight is 256 g/mol. The molecule has 106 valence electrons. The number of carbonyl (C=O) groups excluding carboxylic acids is 1. The van der Waals surface area contributed by atoms with Crippen LogP contribution in [0.4, 0.5) is 0 Å². The van der Waals surface area contributed by atoms with Gasteiger partial charge in [-0.15, -0.1) is 0 Å². The van der Waals surface area contributed by atoms with Crippen LogP contribution in [0.2, 0.25) is 0 Å². The standard InChI is InChI=1S/C14H28N2O2/c1-2-3-10-18-11-6-9-15-12-14(17)16-13-7-4-5-8-13/h13,15H,2-12H2,1H3,(H,16,17). The SMILES string of the molecule is CCCCOCCCNCC(=O)NC1CCCC1. The second-order valence-electron chi connectivity index (χ2n) is 5.05. The van der Waals surface area contributed by atoms with Crippen LogP contribution in [-0.4, -0.2) is 38.3 Å². The van der Waals surface area contributed by atoms with E-state index < -0.39 is 0 Å². The molecule has 1 aliphatic rings. The lowest BCUT2D eigenvalue weighted by Gasteiger charge is -2.12. The molecule has 1 amide bonds. The van der Waals surface area contributed by atoms with E-state index in [-0.39, 0.29) is 5.91 Å². The Hall–Kier alpha value is -0.610. The molecule has 0 aliphatic heterocycles. The zero-order chi connectivity index (χ0) is 13.1. The van der Waals surface area contributed by atoms with Gasteiger partial charge in [0.15, 0.2) is 0 Å². The number of carbonyl (C=O) groups is 1. The predicted molar refractivity (Wildman–Crippen MR) is 73.6 cm³/mol. The lowest BCUT2D eigenvalue weighted by molar-refractivity contribution is -0.120. The van der Waals surface area contributed by atoms with Gasteiger partial charge in [-0.05, 0) is 32.2 Å². The maximum Gasteiger partial charge on any atom is 0.234 e. The Balaban J connectivity index is 1.83. The Morgan fingerprint density at radius 2 is 1.94 bits per heavy atom. The number of hydrogen-bond donors (Lipinski definition) is 2. The molecule has 1 rings (SSSR count). The summed E-state index contributed by atoms with van der Waals surface area (Å²) < 4.78 is 5.45. The summed E-state index contributed by atoms with van der Waals surface area (Å²) in [5.41, 5.74) is 0. The third-order valence-corrected chi connectivity index (χ3v) is 3.29. The Morgan fingerprint density at radius 1 is 1.22 bits per heavy atom. The lowest BCUT2D eigenvalue weighted by atomic mass is 10.2. The smallest absolute Gasteiger partial charge is 0.234 e. The lowest BCUT2D eigenvalue weighted by Crippen LogP contribution is -2.39. The van der Waals surface area contributed by atoms with Crippen molar-refractivity contribution in [3.63, 3.8) is 0 Å². The van der Waals surface area contributed by atoms with Crippen LogP contribution in [0.1, 0.15) is 51.9 Å². The van der Waals surface area contributed by atoms with E-state index in [4.69, 9.17) is 4.74 Å². The van der Waals surface area contributed by atoms with E-state index in [0.29, 0.717) is 12.6 Å². The van der Waals surface area contributed by atoms with Crippen LogP contribution < -0.4 is 10.6 Å². The van der Waals surface area contributed by atoms with Gasteiger partial charge in [-0.25, -0.2) is 0 Å². The summed E-state index contributed by atoms with van der Waals surface area (Å²) in [6.45, 7) is 5.10. The number of nitrogens with one attached hydrogen (secondary N) is 2.